The van der Waals surface area contributed by atoms with E-state index in [4.69, 9.17) is 39.2 Å². The van der Waals surface area contributed by atoms with Crippen molar-refractivity contribution in [3.8, 4) is 0 Å². The molecule has 0 saturated carbocycles. The van der Waals surface area contributed by atoms with Crippen LogP contribution in [-0.2, 0) is 28.0 Å². The molecule has 0 aromatic carbocycles. The summed E-state index contributed by atoms with van der Waals surface area (Å²) in [6, 6.07) is -2.14. The Kier molecular flexibility index (Phi) is 9.01. The first-order valence-electron chi connectivity index (χ1n) is 9.49. The Balaban J connectivity index is 1.90. The molecule has 0 aromatic heterocycles. The molecular weight excluding hydrogens is 387 g/mol. The standard InChI is InChI=1S/C16H30B2NO8P/c1-8(2)23-6-11-10(5-13(17)26-11)19-28(21,22)24-7-12-15(25-9(3)4)14(20)16(18)27-12/h8-16,20H,5-7H2,1-4H3,(H2,19,21,22)/p-1. The summed E-state index contributed by atoms with van der Waals surface area (Å²) in [7, 11) is 7.01. The first kappa shape index (κ1) is 24.3. The number of nitrogens with one attached hydrogen (secondary N) is 1. The molecule has 2 N–H and O–H groups in total. The van der Waals surface area contributed by atoms with E-state index in [-0.39, 0.29) is 25.4 Å². The van der Waals surface area contributed by atoms with E-state index >= 15 is 0 Å². The Morgan fingerprint density at radius 1 is 1.18 bits per heavy atom. The van der Waals surface area contributed by atoms with Gasteiger partial charge >= 0.3 is 0 Å². The molecule has 2 rings (SSSR count). The summed E-state index contributed by atoms with van der Waals surface area (Å²) in [5.74, 6) is 0. The summed E-state index contributed by atoms with van der Waals surface area (Å²) < 4.78 is 39.5. The van der Waals surface area contributed by atoms with Crippen LogP contribution in [0.4, 0.5) is 0 Å². The summed E-state index contributed by atoms with van der Waals surface area (Å²) in [5, 5.41) is 12.5. The van der Waals surface area contributed by atoms with E-state index in [2.05, 4.69) is 5.09 Å². The van der Waals surface area contributed by atoms with Gasteiger partial charge in [-0.15, -0.1) is 0 Å². The first-order valence-corrected chi connectivity index (χ1v) is 11.0. The smallest absolute Gasteiger partial charge is 0.204 e. The van der Waals surface area contributed by atoms with Crippen molar-refractivity contribution in [2.75, 3.05) is 13.2 Å². The van der Waals surface area contributed by atoms with Gasteiger partial charge in [-0.2, -0.15) is 0 Å². The molecule has 8 atom stereocenters. The van der Waals surface area contributed by atoms with Crippen molar-refractivity contribution in [1.29, 1.82) is 0 Å². The molecule has 28 heavy (non-hydrogen) atoms. The lowest BCUT2D eigenvalue weighted by molar-refractivity contribution is -0.206. The molecule has 0 aliphatic carbocycles. The van der Waals surface area contributed by atoms with Gasteiger partial charge < -0.3 is 33.5 Å². The van der Waals surface area contributed by atoms with E-state index in [1.807, 2.05) is 13.8 Å². The van der Waals surface area contributed by atoms with E-state index in [0.29, 0.717) is 6.42 Å². The average Bonchev–Trinajstić information content (AvgIpc) is 3.04. The molecular formula is C16H29B2NO8P-. The maximum absolute atomic E-state index is 12.4. The van der Waals surface area contributed by atoms with Crippen LogP contribution in [0.25, 0.3) is 0 Å². The quantitative estimate of drug-likeness (QED) is 0.348. The van der Waals surface area contributed by atoms with E-state index in [1.54, 1.807) is 13.8 Å². The molecule has 0 aromatic rings. The number of hydrogen-bond donors (Lipinski definition) is 2. The minimum Gasteiger partial charge on any atom is -0.766 e. The van der Waals surface area contributed by atoms with Gasteiger partial charge in [0.05, 0.1) is 31.5 Å². The highest BCUT2D eigenvalue weighted by molar-refractivity contribution is 7.49. The van der Waals surface area contributed by atoms with Crippen LogP contribution in [-0.4, -0.2) is 88.7 Å². The second kappa shape index (κ2) is 10.4. The number of aliphatic hydroxyl groups is 1. The van der Waals surface area contributed by atoms with Crippen molar-refractivity contribution in [3.63, 3.8) is 0 Å². The number of rotatable bonds is 10. The van der Waals surface area contributed by atoms with Gasteiger partial charge in [-0.25, -0.2) is 0 Å². The summed E-state index contributed by atoms with van der Waals surface area (Å²) in [6.07, 6.45) is -3.13. The highest BCUT2D eigenvalue weighted by Crippen LogP contribution is 2.37. The van der Waals surface area contributed by atoms with Crippen molar-refractivity contribution < 1.29 is 38.0 Å². The van der Waals surface area contributed by atoms with Gasteiger partial charge in [0, 0.05) is 18.0 Å². The largest absolute Gasteiger partial charge is 0.766 e. The molecule has 158 valence electrons. The van der Waals surface area contributed by atoms with Crippen LogP contribution in [0.1, 0.15) is 34.1 Å². The van der Waals surface area contributed by atoms with Gasteiger partial charge in [0.2, 0.25) is 7.75 Å². The Hall–Kier alpha value is 0.0399. The molecule has 0 bridgehead atoms. The number of hydrogen-bond acceptors (Lipinski definition) is 8. The molecule has 2 aliphatic rings. The molecule has 0 amide bonds. The van der Waals surface area contributed by atoms with Gasteiger partial charge in [-0.05, 0) is 34.1 Å². The molecule has 2 aliphatic heterocycles. The predicted molar refractivity (Wildman–Crippen MR) is 101 cm³/mol. The molecule has 0 spiro atoms. The lowest BCUT2D eigenvalue weighted by Gasteiger charge is -2.31. The van der Waals surface area contributed by atoms with Crippen molar-refractivity contribution in [2.24, 2.45) is 0 Å². The number of ether oxygens (including phenoxy) is 4. The Labute approximate surface area is 169 Å². The predicted octanol–water partition coefficient (Wildman–Crippen LogP) is -0.814. The fourth-order valence-electron chi connectivity index (χ4n) is 3.15. The molecule has 2 saturated heterocycles. The summed E-state index contributed by atoms with van der Waals surface area (Å²) >= 11 is 0. The zero-order chi connectivity index (χ0) is 21.1. The highest BCUT2D eigenvalue weighted by Gasteiger charge is 2.43. The highest BCUT2D eigenvalue weighted by atomic mass is 31.2. The van der Waals surface area contributed by atoms with E-state index in [0.717, 1.165) is 0 Å². The fraction of sp³-hybridized carbons (Fsp3) is 1.00. The van der Waals surface area contributed by atoms with Crippen LogP contribution < -0.4 is 9.98 Å². The molecule has 2 heterocycles. The van der Waals surface area contributed by atoms with Crippen LogP contribution >= 0.6 is 7.75 Å². The van der Waals surface area contributed by atoms with Gasteiger partial charge in [0.25, 0.3) is 0 Å². The van der Waals surface area contributed by atoms with Crippen LogP contribution in [0, 0.1) is 0 Å². The van der Waals surface area contributed by atoms with Crippen LogP contribution in [0.5, 0.6) is 0 Å². The van der Waals surface area contributed by atoms with Gasteiger partial charge in [0.1, 0.15) is 34.0 Å². The Bertz CT molecular complexity index is 543. The van der Waals surface area contributed by atoms with E-state index in [1.165, 1.54) is 0 Å². The second-order valence-electron chi connectivity index (χ2n) is 7.64. The topological polar surface area (TPSA) is 119 Å². The fourth-order valence-corrected chi connectivity index (χ4v) is 4.25. The monoisotopic (exact) mass is 416 g/mol. The molecule has 2 fully saturated rings. The molecule has 4 radical (unpaired) electrons. The Morgan fingerprint density at radius 2 is 1.86 bits per heavy atom. The van der Waals surface area contributed by atoms with Crippen molar-refractivity contribution in [2.45, 2.75) is 88.8 Å². The van der Waals surface area contributed by atoms with Crippen LogP contribution in [0.2, 0.25) is 0 Å². The van der Waals surface area contributed by atoms with Crippen LogP contribution in [0.15, 0.2) is 0 Å². The summed E-state index contributed by atoms with van der Waals surface area (Å²) in [4.78, 5) is 12.4. The lowest BCUT2D eigenvalue weighted by atomic mass is 9.93. The minimum atomic E-state index is -4.45. The molecule has 12 heteroatoms. The first-order chi connectivity index (χ1) is 13.0. The maximum atomic E-state index is 12.4. The summed E-state index contributed by atoms with van der Waals surface area (Å²) in [6.45, 7) is 7.18. The van der Waals surface area contributed by atoms with E-state index in [9.17, 15) is 14.6 Å². The van der Waals surface area contributed by atoms with E-state index < -0.39 is 50.2 Å². The van der Waals surface area contributed by atoms with Gasteiger partial charge in [0.15, 0.2) is 0 Å². The Morgan fingerprint density at radius 3 is 2.46 bits per heavy atom. The SMILES string of the molecule is [B]C1CC(NP(=O)([O-])OCC2OC([B])C(O)C2OC(C)C)C(COC(C)C)O1. The maximum Gasteiger partial charge on any atom is 0.204 e. The van der Waals surface area contributed by atoms with Gasteiger partial charge in [-0.3, -0.25) is 9.65 Å². The normalized spacial score (nSPS) is 38.4. The minimum absolute atomic E-state index is 0.0237. The molecule has 8 unspecified atom stereocenters. The summed E-state index contributed by atoms with van der Waals surface area (Å²) in [5.41, 5.74) is 0. The zero-order valence-electron chi connectivity index (χ0n) is 16.7. The second-order valence-corrected chi connectivity index (χ2v) is 9.15. The van der Waals surface area contributed by atoms with Gasteiger partial charge in [-0.1, -0.05) is 0 Å². The third kappa shape index (κ3) is 7.07. The van der Waals surface area contributed by atoms with Crippen molar-refractivity contribution in [3.05, 3.63) is 0 Å². The van der Waals surface area contributed by atoms with Crippen LogP contribution in [0.3, 0.4) is 0 Å². The van der Waals surface area contributed by atoms with Crippen molar-refractivity contribution >= 4 is 23.4 Å². The zero-order valence-corrected chi connectivity index (χ0v) is 17.6. The third-order valence-corrected chi connectivity index (χ3v) is 5.55. The third-order valence-electron chi connectivity index (χ3n) is 4.41. The number of aliphatic hydroxyl groups excluding tert-OH is 1. The average molecular weight is 416 g/mol. The van der Waals surface area contributed by atoms with Crippen molar-refractivity contribution in [1.82, 2.24) is 5.09 Å². The molecule has 9 nitrogen and oxygen atoms in total. The lowest BCUT2D eigenvalue weighted by Crippen LogP contribution is -2.42.